The van der Waals surface area contributed by atoms with Crippen LogP contribution in [0, 0.1) is 6.92 Å². The summed E-state index contributed by atoms with van der Waals surface area (Å²) in [6.07, 6.45) is 1.99. The van der Waals surface area contributed by atoms with Gasteiger partial charge in [0.15, 0.2) is 6.61 Å². The first-order chi connectivity index (χ1) is 12.1. The highest BCUT2D eigenvalue weighted by Gasteiger charge is 2.17. The van der Waals surface area contributed by atoms with Gasteiger partial charge in [0.2, 0.25) is 0 Å². The molecule has 4 nitrogen and oxygen atoms in total. The minimum atomic E-state index is -0.0159. The van der Waals surface area contributed by atoms with Crippen LogP contribution in [0.4, 0.5) is 0 Å². The Morgan fingerprint density at radius 2 is 1.96 bits per heavy atom. The van der Waals surface area contributed by atoms with Gasteiger partial charge in [-0.25, -0.2) is 0 Å². The molecule has 0 aliphatic carbocycles. The molecule has 3 aromatic rings. The highest BCUT2D eigenvalue weighted by molar-refractivity contribution is 7.09. The standard InChI is InChI=1S/C20H22N2O2S/c1-16-7-3-4-10-19(16)24-15-20(23)22(14-18-9-6-12-25-18)13-17-8-5-11-21(17)2/h3-12H,13-15H2,1-2H3. The zero-order valence-corrected chi connectivity index (χ0v) is 15.3. The molecule has 0 bridgehead atoms. The minimum Gasteiger partial charge on any atom is -0.484 e. The lowest BCUT2D eigenvalue weighted by molar-refractivity contribution is -0.134. The number of nitrogens with zero attached hydrogens (tertiary/aromatic N) is 2. The van der Waals surface area contributed by atoms with Crippen molar-refractivity contribution in [1.82, 2.24) is 9.47 Å². The fourth-order valence-electron chi connectivity index (χ4n) is 2.63. The molecule has 0 N–H and O–H groups in total. The van der Waals surface area contributed by atoms with Crippen LogP contribution < -0.4 is 4.74 Å². The van der Waals surface area contributed by atoms with Crippen LogP contribution in [0.5, 0.6) is 5.75 Å². The largest absolute Gasteiger partial charge is 0.484 e. The first-order valence-corrected chi connectivity index (χ1v) is 9.10. The van der Waals surface area contributed by atoms with E-state index < -0.39 is 0 Å². The summed E-state index contributed by atoms with van der Waals surface area (Å²) in [5.74, 6) is 0.739. The van der Waals surface area contributed by atoms with Crippen molar-refractivity contribution >= 4 is 17.2 Å². The van der Waals surface area contributed by atoms with Gasteiger partial charge in [0.05, 0.1) is 13.1 Å². The Morgan fingerprint density at radius 3 is 2.64 bits per heavy atom. The van der Waals surface area contributed by atoms with Crippen LogP contribution >= 0.6 is 11.3 Å². The molecule has 0 saturated carbocycles. The van der Waals surface area contributed by atoms with Crippen molar-refractivity contribution in [3.8, 4) is 5.75 Å². The maximum absolute atomic E-state index is 12.8. The van der Waals surface area contributed by atoms with Gasteiger partial charge in [-0.05, 0) is 42.1 Å². The molecule has 0 fully saturated rings. The average molecular weight is 354 g/mol. The lowest BCUT2D eigenvalue weighted by Crippen LogP contribution is -2.34. The van der Waals surface area contributed by atoms with Gasteiger partial charge >= 0.3 is 0 Å². The molecule has 2 aromatic heterocycles. The molecule has 0 radical (unpaired) electrons. The Labute approximate surface area is 152 Å². The zero-order valence-electron chi connectivity index (χ0n) is 14.5. The quantitative estimate of drug-likeness (QED) is 0.643. The zero-order chi connectivity index (χ0) is 17.6. The number of amides is 1. The fourth-order valence-corrected chi connectivity index (χ4v) is 3.35. The number of ether oxygens (including phenoxy) is 1. The molecule has 0 atom stereocenters. The number of carbonyl (C=O) groups is 1. The average Bonchev–Trinajstić information content (AvgIpc) is 3.25. The van der Waals surface area contributed by atoms with E-state index in [4.69, 9.17) is 4.74 Å². The fraction of sp³-hybridized carbons (Fsp3) is 0.250. The van der Waals surface area contributed by atoms with Gasteiger partial charge in [-0.2, -0.15) is 0 Å². The molecule has 1 amide bonds. The molecule has 0 aliphatic rings. The minimum absolute atomic E-state index is 0.0159. The Hall–Kier alpha value is -2.53. The summed E-state index contributed by atoms with van der Waals surface area (Å²) in [4.78, 5) is 15.8. The molecule has 130 valence electrons. The number of rotatable bonds is 7. The third-order valence-electron chi connectivity index (χ3n) is 4.13. The molecule has 3 rings (SSSR count). The number of para-hydroxylation sites is 1. The second kappa shape index (κ2) is 8.03. The Balaban J connectivity index is 1.70. The molecule has 0 unspecified atom stereocenters. The smallest absolute Gasteiger partial charge is 0.261 e. The lowest BCUT2D eigenvalue weighted by atomic mass is 10.2. The van der Waals surface area contributed by atoms with Crippen molar-refractivity contribution in [2.75, 3.05) is 6.61 Å². The van der Waals surface area contributed by atoms with Crippen molar-refractivity contribution < 1.29 is 9.53 Å². The summed E-state index contributed by atoms with van der Waals surface area (Å²) >= 11 is 1.66. The molecular weight excluding hydrogens is 332 g/mol. The lowest BCUT2D eigenvalue weighted by Gasteiger charge is -2.23. The van der Waals surface area contributed by atoms with E-state index >= 15 is 0 Å². The van der Waals surface area contributed by atoms with Crippen molar-refractivity contribution in [3.05, 3.63) is 76.2 Å². The summed E-state index contributed by atoms with van der Waals surface area (Å²) in [6, 6.07) is 15.8. The monoisotopic (exact) mass is 354 g/mol. The maximum atomic E-state index is 12.8. The van der Waals surface area contributed by atoms with Gasteiger partial charge in [0.1, 0.15) is 5.75 Å². The van der Waals surface area contributed by atoms with Gasteiger partial charge < -0.3 is 14.2 Å². The van der Waals surface area contributed by atoms with Crippen molar-refractivity contribution in [1.29, 1.82) is 0 Å². The van der Waals surface area contributed by atoms with Crippen molar-refractivity contribution in [2.45, 2.75) is 20.0 Å². The molecule has 0 aliphatic heterocycles. The summed E-state index contributed by atoms with van der Waals surface area (Å²) in [6.45, 7) is 3.18. The van der Waals surface area contributed by atoms with Crippen LogP contribution in [-0.4, -0.2) is 22.0 Å². The summed E-state index contributed by atoms with van der Waals surface area (Å²) in [7, 11) is 1.99. The molecule has 1 aromatic carbocycles. The SMILES string of the molecule is Cc1ccccc1OCC(=O)N(Cc1cccs1)Cc1cccn1C. The number of thiophene rings is 1. The van der Waals surface area contributed by atoms with Gasteiger partial charge in [0, 0.05) is 23.8 Å². The molecule has 0 saturated heterocycles. The molecule has 25 heavy (non-hydrogen) atoms. The first-order valence-electron chi connectivity index (χ1n) is 8.22. The van der Waals surface area contributed by atoms with Crippen LogP contribution in [0.3, 0.4) is 0 Å². The van der Waals surface area contributed by atoms with E-state index in [9.17, 15) is 4.79 Å². The van der Waals surface area contributed by atoms with E-state index in [-0.39, 0.29) is 12.5 Å². The Morgan fingerprint density at radius 1 is 1.12 bits per heavy atom. The summed E-state index contributed by atoms with van der Waals surface area (Å²) in [5, 5.41) is 2.03. The van der Waals surface area contributed by atoms with Crippen molar-refractivity contribution in [3.63, 3.8) is 0 Å². The molecule has 2 heterocycles. The predicted molar refractivity (Wildman–Crippen MR) is 101 cm³/mol. The predicted octanol–water partition coefficient (Wildman–Crippen LogP) is 4.00. The highest BCUT2D eigenvalue weighted by Crippen LogP contribution is 2.18. The van der Waals surface area contributed by atoms with Crippen LogP contribution in [0.25, 0.3) is 0 Å². The van der Waals surface area contributed by atoms with E-state index in [1.807, 2.05) is 77.5 Å². The number of aromatic nitrogens is 1. The topological polar surface area (TPSA) is 34.5 Å². The number of hydrogen-bond donors (Lipinski definition) is 0. The molecular formula is C20H22N2O2S. The maximum Gasteiger partial charge on any atom is 0.261 e. The molecule has 0 spiro atoms. The van der Waals surface area contributed by atoms with Gasteiger partial charge in [-0.1, -0.05) is 24.3 Å². The Bertz CT molecular complexity index is 824. The van der Waals surface area contributed by atoms with Gasteiger partial charge in [0.25, 0.3) is 5.91 Å². The summed E-state index contributed by atoms with van der Waals surface area (Å²) in [5.41, 5.74) is 2.13. The number of aryl methyl sites for hydroxylation is 2. The van der Waals surface area contributed by atoms with Crippen molar-refractivity contribution in [2.24, 2.45) is 7.05 Å². The van der Waals surface area contributed by atoms with E-state index in [2.05, 4.69) is 6.07 Å². The number of carbonyl (C=O) groups excluding carboxylic acids is 1. The second-order valence-corrected chi connectivity index (χ2v) is 7.03. The van der Waals surface area contributed by atoms with E-state index in [1.54, 1.807) is 11.3 Å². The van der Waals surface area contributed by atoms with E-state index in [0.717, 1.165) is 17.0 Å². The van der Waals surface area contributed by atoms with Gasteiger partial charge in [-0.15, -0.1) is 11.3 Å². The first kappa shape index (κ1) is 17.3. The third-order valence-corrected chi connectivity index (χ3v) is 4.99. The van der Waals surface area contributed by atoms with Gasteiger partial charge in [-0.3, -0.25) is 4.79 Å². The number of benzene rings is 1. The van der Waals surface area contributed by atoms with Crippen LogP contribution in [0.2, 0.25) is 0 Å². The van der Waals surface area contributed by atoms with Crippen LogP contribution in [-0.2, 0) is 24.9 Å². The van der Waals surface area contributed by atoms with E-state index in [1.165, 1.54) is 4.88 Å². The summed E-state index contributed by atoms with van der Waals surface area (Å²) < 4.78 is 7.79. The number of hydrogen-bond acceptors (Lipinski definition) is 3. The van der Waals surface area contributed by atoms with Crippen LogP contribution in [0.15, 0.2) is 60.1 Å². The van der Waals surface area contributed by atoms with E-state index in [0.29, 0.717) is 13.1 Å². The molecule has 5 heteroatoms. The third kappa shape index (κ3) is 4.51. The highest BCUT2D eigenvalue weighted by atomic mass is 32.1. The van der Waals surface area contributed by atoms with Crippen LogP contribution in [0.1, 0.15) is 16.1 Å². The Kier molecular flexibility index (Phi) is 5.56. The normalized spacial score (nSPS) is 10.6. The second-order valence-electron chi connectivity index (χ2n) is 5.99.